The standard InChI is InChI=1S/C24H26BN5O2/c1-16-13-18-20(25(31)32)9-6-10-22(18)30(16)24-27-21-11-12-29(2)15-19(21)23(28-24)26-14-17-7-4-3-5-8-17/h3-10,13,31-32H,11-12,14-15H2,1-2H3,(H,26,27,28). The predicted molar refractivity (Wildman–Crippen MR) is 127 cm³/mol. The lowest BCUT2D eigenvalue weighted by molar-refractivity contribution is 0.309. The molecule has 7 nitrogen and oxygen atoms in total. The van der Waals surface area contributed by atoms with E-state index in [1.165, 1.54) is 5.56 Å². The van der Waals surface area contributed by atoms with Crippen LogP contribution in [0.15, 0.2) is 54.6 Å². The minimum absolute atomic E-state index is 0.478. The highest BCUT2D eigenvalue weighted by molar-refractivity contribution is 6.61. The highest BCUT2D eigenvalue weighted by Crippen LogP contribution is 2.28. The van der Waals surface area contributed by atoms with E-state index in [2.05, 4.69) is 29.4 Å². The Morgan fingerprint density at radius 2 is 1.88 bits per heavy atom. The van der Waals surface area contributed by atoms with E-state index in [1.54, 1.807) is 6.07 Å². The van der Waals surface area contributed by atoms with Crippen LogP contribution in [0.4, 0.5) is 5.82 Å². The molecule has 162 valence electrons. The maximum atomic E-state index is 9.80. The first kappa shape index (κ1) is 20.7. The van der Waals surface area contributed by atoms with Crippen LogP contribution < -0.4 is 10.8 Å². The zero-order valence-electron chi connectivity index (χ0n) is 18.3. The van der Waals surface area contributed by atoms with Gasteiger partial charge in [0, 0.05) is 42.7 Å². The topological polar surface area (TPSA) is 86.4 Å². The minimum Gasteiger partial charge on any atom is -0.423 e. The van der Waals surface area contributed by atoms with E-state index in [0.717, 1.165) is 53.2 Å². The average Bonchev–Trinajstić information content (AvgIpc) is 3.13. The van der Waals surface area contributed by atoms with Crippen LogP contribution in [-0.2, 0) is 19.5 Å². The summed E-state index contributed by atoms with van der Waals surface area (Å²) < 4.78 is 1.99. The van der Waals surface area contributed by atoms with Gasteiger partial charge in [-0.15, -0.1) is 0 Å². The van der Waals surface area contributed by atoms with Crippen molar-refractivity contribution in [2.75, 3.05) is 18.9 Å². The lowest BCUT2D eigenvalue weighted by Crippen LogP contribution is -2.30. The quantitative estimate of drug-likeness (QED) is 0.423. The zero-order chi connectivity index (χ0) is 22.2. The second kappa shape index (κ2) is 8.39. The predicted octanol–water partition coefficient (Wildman–Crippen LogP) is 2.01. The monoisotopic (exact) mass is 427 g/mol. The van der Waals surface area contributed by atoms with E-state index in [9.17, 15) is 10.0 Å². The lowest BCUT2D eigenvalue weighted by atomic mass is 9.78. The summed E-state index contributed by atoms with van der Waals surface area (Å²) >= 11 is 0. The van der Waals surface area contributed by atoms with Gasteiger partial charge >= 0.3 is 7.12 Å². The first-order chi connectivity index (χ1) is 15.5. The van der Waals surface area contributed by atoms with Crippen LogP contribution in [0, 0.1) is 6.92 Å². The van der Waals surface area contributed by atoms with Gasteiger partial charge in [0.25, 0.3) is 0 Å². The van der Waals surface area contributed by atoms with E-state index < -0.39 is 7.12 Å². The van der Waals surface area contributed by atoms with Gasteiger partial charge in [0.15, 0.2) is 0 Å². The number of rotatable bonds is 5. The van der Waals surface area contributed by atoms with Crippen molar-refractivity contribution in [1.82, 2.24) is 19.4 Å². The highest BCUT2D eigenvalue weighted by Gasteiger charge is 2.23. The summed E-state index contributed by atoms with van der Waals surface area (Å²) in [6.45, 7) is 4.42. The molecule has 4 aromatic rings. The van der Waals surface area contributed by atoms with Crippen LogP contribution in [0.2, 0.25) is 0 Å². The Morgan fingerprint density at radius 3 is 2.66 bits per heavy atom. The van der Waals surface area contributed by atoms with Gasteiger partial charge in [-0.25, -0.2) is 4.98 Å². The van der Waals surface area contributed by atoms with Crippen molar-refractivity contribution in [3.63, 3.8) is 0 Å². The van der Waals surface area contributed by atoms with Crippen LogP contribution >= 0.6 is 0 Å². The largest absolute Gasteiger partial charge is 0.489 e. The molecular weight excluding hydrogens is 401 g/mol. The number of benzene rings is 2. The van der Waals surface area contributed by atoms with Crippen molar-refractivity contribution < 1.29 is 10.0 Å². The molecule has 0 bridgehead atoms. The number of fused-ring (bicyclic) bond motifs is 2. The molecule has 0 saturated carbocycles. The molecule has 0 fully saturated rings. The number of hydrogen-bond donors (Lipinski definition) is 3. The first-order valence-corrected chi connectivity index (χ1v) is 10.8. The third-order valence-corrected chi connectivity index (χ3v) is 6.08. The van der Waals surface area contributed by atoms with Crippen LogP contribution in [0.5, 0.6) is 0 Å². The molecule has 0 saturated heterocycles. The van der Waals surface area contributed by atoms with Gasteiger partial charge in [-0.05, 0) is 37.1 Å². The zero-order valence-corrected chi connectivity index (χ0v) is 18.3. The van der Waals surface area contributed by atoms with E-state index >= 15 is 0 Å². The molecule has 0 aliphatic carbocycles. The molecule has 0 spiro atoms. The van der Waals surface area contributed by atoms with E-state index in [0.29, 0.717) is 18.0 Å². The molecule has 2 aromatic heterocycles. The maximum absolute atomic E-state index is 9.80. The molecule has 1 aliphatic heterocycles. The Balaban J connectivity index is 1.62. The Morgan fingerprint density at radius 1 is 1.06 bits per heavy atom. The van der Waals surface area contributed by atoms with Crippen molar-refractivity contribution in [1.29, 1.82) is 0 Å². The van der Waals surface area contributed by atoms with Crippen molar-refractivity contribution in [2.24, 2.45) is 0 Å². The molecule has 3 heterocycles. The summed E-state index contributed by atoms with van der Waals surface area (Å²) in [5.41, 5.74) is 5.66. The fourth-order valence-corrected chi connectivity index (χ4v) is 4.44. The van der Waals surface area contributed by atoms with Crippen LogP contribution in [0.1, 0.15) is 22.5 Å². The molecule has 0 amide bonds. The normalized spacial score (nSPS) is 13.9. The van der Waals surface area contributed by atoms with Crippen molar-refractivity contribution in [3.8, 4) is 5.95 Å². The average molecular weight is 427 g/mol. The molecule has 1 aliphatic rings. The molecule has 0 atom stereocenters. The molecule has 3 N–H and O–H groups in total. The third kappa shape index (κ3) is 3.77. The summed E-state index contributed by atoms with van der Waals surface area (Å²) in [6, 6.07) is 17.8. The lowest BCUT2D eigenvalue weighted by Gasteiger charge is -2.27. The van der Waals surface area contributed by atoms with Gasteiger partial charge in [0.1, 0.15) is 5.82 Å². The summed E-state index contributed by atoms with van der Waals surface area (Å²) in [7, 11) is 0.584. The second-order valence-corrected chi connectivity index (χ2v) is 8.40. The fraction of sp³-hybridized carbons (Fsp3) is 0.250. The summed E-state index contributed by atoms with van der Waals surface area (Å²) in [6.07, 6.45) is 0.861. The minimum atomic E-state index is -1.53. The Hall–Kier alpha value is -3.20. The van der Waals surface area contributed by atoms with Gasteiger partial charge in [-0.3, -0.25) is 4.57 Å². The van der Waals surface area contributed by atoms with Crippen LogP contribution in [-0.4, -0.2) is 50.2 Å². The van der Waals surface area contributed by atoms with E-state index in [-0.39, 0.29) is 0 Å². The van der Waals surface area contributed by atoms with Crippen LogP contribution in [0.3, 0.4) is 0 Å². The smallest absolute Gasteiger partial charge is 0.423 e. The molecule has 0 radical (unpaired) electrons. The number of hydrogen-bond acceptors (Lipinski definition) is 6. The molecule has 32 heavy (non-hydrogen) atoms. The van der Waals surface area contributed by atoms with Gasteiger partial charge in [0.05, 0.1) is 11.2 Å². The summed E-state index contributed by atoms with van der Waals surface area (Å²) in [5.74, 6) is 1.45. The number of anilines is 1. The summed E-state index contributed by atoms with van der Waals surface area (Å²) in [4.78, 5) is 12.2. The van der Waals surface area contributed by atoms with Gasteiger partial charge in [-0.1, -0.05) is 42.5 Å². The maximum Gasteiger partial charge on any atom is 0.489 e. The Kier molecular flexibility index (Phi) is 5.42. The number of likely N-dealkylation sites (N-methyl/N-ethyl adjacent to an activating group) is 1. The molecular formula is C24H26BN5O2. The Bertz CT molecular complexity index is 1270. The molecule has 8 heteroatoms. The number of aryl methyl sites for hydroxylation is 1. The van der Waals surface area contributed by atoms with Crippen molar-refractivity contribution >= 4 is 29.3 Å². The highest BCUT2D eigenvalue weighted by atomic mass is 16.4. The van der Waals surface area contributed by atoms with E-state index in [4.69, 9.17) is 9.97 Å². The number of nitrogens with zero attached hydrogens (tertiary/aromatic N) is 4. The third-order valence-electron chi connectivity index (χ3n) is 6.08. The molecule has 0 unspecified atom stereocenters. The second-order valence-electron chi connectivity index (χ2n) is 8.40. The molecule has 2 aromatic carbocycles. The van der Waals surface area contributed by atoms with Gasteiger partial charge in [-0.2, -0.15) is 4.98 Å². The fourth-order valence-electron chi connectivity index (χ4n) is 4.44. The molecule has 5 rings (SSSR count). The number of nitrogens with one attached hydrogen (secondary N) is 1. The van der Waals surface area contributed by atoms with Crippen molar-refractivity contribution in [2.45, 2.75) is 26.4 Å². The van der Waals surface area contributed by atoms with Crippen LogP contribution in [0.25, 0.3) is 16.9 Å². The van der Waals surface area contributed by atoms with Gasteiger partial charge < -0.3 is 20.3 Å². The SMILES string of the molecule is Cc1cc2c(B(O)O)cccc2n1-c1nc2c(c(NCc3ccccc3)n1)CN(C)CC2. The van der Waals surface area contributed by atoms with Crippen molar-refractivity contribution in [3.05, 3.63) is 77.1 Å². The summed E-state index contributed by atoms with van der Waals surface area (Å²) in [5, 5.41) is 23.9. The Labute approximate surface area is 187 Å². The van der Waals surface area contributed by atoms with Gasteiger partial charge in [0.2, 0.25) is 5.95 Å². The van der Waals surface area contributed by atoms with E-state index in [1.807, 2.05) is 47.9 Å². The number of aromatic nitrogens is 3. The first-order valence-electron chi connectivity index (χ1n) is 10.8.